The predicted octanol–water partition coefficient (Wildman–Crippen LogP) is 1.63. The topological polar surface area (TPSA) is 23.9 Å². The molecular formula is C5H10NS+. The van der Waals surface area contributed by atoms with E-state index in [1.165, 1.54) is 30.8 Å². The lowest BCUT2D eigenvalue weighted by molar-refractivity contribution is 0.809. The van der Waals surface area contributed by atoms with E-state index in [9.17, 15) is 0 Å². The first-order valence-corrected chi connectivity index (χ1v) is 3.70. The van der Waals surface area contributed by atoms with Crippen LogP contribution in [-0.2, 0) is 11.6 Å². The molecule has 0 saturated heterocycles. The van der Waals surface area contributed by atoms with Crippen LogP contribution in [0.15, 0.2) is 0 Å². The van der Waals surface area contributed by atoms with Crippen LogP contribution in [0.1, 0.15) is 19.3 Å². The van der Waals surface area contributed by atoms with E-state index in [2.05, 4.69) is 0 Å². The maximum absolute atomic E-state index is 6.74. The molecule has 1 saturated carbocycles. The number of hydrogen-bond acceptors (Lipinski definition) is 1. The zero-order valence-corrected chi connectivity index (χ0v) is 5.13. The van der Waals surface area contributed by atoms with E-state index in [4.69, 9.17) is 4.78 Å². The first kappa shape index (κ1) is 5.16. The van der Waals surface area contributed by atoms with Gasteiger partial charge < -0.3 is 0 Å². The van der Waals surface area contributed by atoms with Crippen molar-refractivity contribution in [1.82, 2.24) is 0 Å². The van der Waals surface area contributed by atoms with Gasteiger partial charge in [-0.2, -0.15) is 0 Å². The van der Waals surface area contributed by atoms with Gasteiger partial charge in [-0.25, -0.2) is 0 Å². The number of rotatable bonds is 3. The lowest BCUT2D eigenvalue weighted by Crippen LogP contribution is -1.80. The monoisotopic (exact) mass is 116 g/mol. The molecule has 40 valence electrons. The second kappa shape index (κ2) is 2.36. The SMILES string of the molecule is N=[S+]CCC1CC1. The molecule has 0 radical (unpaired) electrons. The summed E-state index contributed by atoms with van der Waals surface area (Å²) in [6.45, 7) is 0. The van der Waals surface area contributed by atoms with Gasteiger partial charge in [0, 0.05) is 6.42 Å². The van der Waals surface area contributed by atoms with E-state index in [-0.39, 0.29) is 0 Å². The van der Waals surface area contributed by atoms with Crippen molar-refractivity contribution in [3.05, 3.63) is 0 Å². The quantitative estimate of drug-likeness (QED) is 0.542. The molecule has 2 heteroatoms. The Labute approximate surface area is 48.0 Å². The Balaban J connectivity index is 1.88. The molecule has 0 aromatic rings. The molecule has 1 fully saturated rings. The van der Waals surface area contributed by atoms with E-state index >= 15 is 0 Å². The van der Waals surface area contributed by atoms with E-state index < -0.39 is 0 Å². The third-order valence-electron chi connectivity index (χ3n) is 1.33. The summed E-state index contributed by atoms with van der Waals surface area (Å²) >= 11 is 1.22. The van der Waals surface area contributed by atoms with Crippen LogP contribution in [0.4, 0.5) is 0 Å². The van der Waals surface area contributed by atoms with Gasteiger partial charge in [0.1, 0.15) is 0 Å². The van der Waals surface area contributed by atoms with E-state index in [1.54, 1.807) is 0 Å². The van der Waals surface area contributed by atoms with Gasteiger partial charge in [-0.1, -0.05) is 0 Å². The van der Waals surface area contributed by atoms with Gasteiger partial charge in [0.15, 0.2) is 0 Å². The Morgan fingerprint density at radius 1 is 1.57 bits per heavy atom. The van der Waals surface area contributed by atoms with Gasteiger partial charge in [-0.15, -0.1) is 0 Å². The molecule has 0 atom stereocenters. The smallest absolute Gasteiger partial charge is 0.0500 e. The Hall–Kier alpha value is 0.0200. The van der Waals surface area contributed by atoms with Crippen molar-refractivity contribution in [3.63, 3.8) is 0 Å². The lowest BCUT2D eigenvalue weighted by Gasteiger charge is -1.75. The van der Waals surface area contributed by atoms with Crippen LogP contribution in [0.2, 0.25) is 0 Å². The molecular weight excluding hydrogens is 106 g/mol. The Bertz CT molecular complexity index is 68.5. The normalized spacial score (nSPS) is 19.4. The summed E-state index contributed by atoms with van der Waals surface area (Å²) in [7, 11) is 0. The maximum Gasteiger partial charge on any atom is 0.307 e. The van der Waals surface area contributed by atoms with Crippen LogP contribution >= 0.6 is 0 Å². The molecule has 1 aliphatic carbocycles. The third kappa shape index (κ3) is 1.97. The van der Waals surface area contributed by atoms with Crippen LogP contribution in [0.5, 0.6) is 0 Å². The highest BCUT2D eigenvalue weighted by molar-refractivity contribution is 7.66. The molecule has 1 nitrogen and oxygen atoms in total. The molecule has 1 rings (SSSR count). The molecule has 0 spiro atoms. The molecule has 1 N–H and O–H groups in total. The molecule has 1 aliphatic rings. The second-order valence-corrected chi connectivity index (χ2v) is 2.78. The molecule has 0 aromatic carbocycles. The fourth-order valence-corrected chi connectivity index (χ4v) is 1.08. The van der Waals surface area contributed by atoms with Gasteiger partial charge in [0.05, 0.1) is 0 Å². The van der Waals surface area contributed by atoms with E-state index in [0.717, 1.165) is 11.7 Å². The van der Waals surface area contributed by atoms with Crippen molar-refractivity contribution < 1.29 is 0 Å². The summed E-state index contributed by atoms with van der Waals surface area (Å²) in [5.41, 5.74) is 0. The summed E-state index contributed by atoms with van der Waals surface area (Å²) in [4.78, 5) is 0. The highest BCUT2D eigenvalue weighted by Gasteiger charge is 2.22. The largest absolute Gasteiger partial charge is 0.307 e. The standard InChI is InChI=1S/C5H10NS/c6-7-4-3-5-1-2-5/h5-6H,1-4H2/q+1. The third-order valence-corrected chi connectivity index (χ3v) is 1.76. The Morgan fingerprint density at radius 2 is 2.29 bits per heavy atom. The Morgan fingerprint density at radius 3 is 2.71 bits per heavy atom. The summed E-state index contributed by atoms with van der Waals surface area (Å²) in [6.07, 6.45) is 4.15. The van der Waals surface area contributed by atoms with Crippen LogP contribution in [0.25, 0.3) is 0 Å². The van der Waals surface area contributed by atoms with Crippen molar-refractivity contribution >= 4 is 11.6 Å². The van der Waals surface area contributed by atoms with E-state index in [0.29, 0.717) is 0 Å². The molecule has 0 bridgehead atoms. The summed E-state index contributed by atoms with van der Waals surface area (Å²) in [5.74, 6) is 2.06. The number of hydrogen-bond donors (Lipinski definition) is 1. The maximum atomic E-state index is 6.74. The minimum atomic E-state index is 1.01. The van der Waals surface area contributed by atoms with Crippen molar-refractivity contribution in [3.8, 4) is 0 Å². The molecule has 0 amide bonds. The Kier molecular flexibility index (Phi) is 1.74. The molecule has 0 unspecified atom stereocenters. The lowest BCUT2D eigenvalue weighted by atomic mass is 10.3. The van der Waals surface area contributed by atoms with Gasteiger partial charge >= 0.3 is 11.6 Å². The first-order chi connectivity index (χ1) is 3.43. The molecule has 0 heterocycles. The predicted molar refractivity (Wildman–Crippen MR) is 32.3 cm³/mol. The summed E-state index contributed by atoms with van der Waals surface area (Å²) in [6, 6.07) is 0. The van der Waals surface area contributed by atoms with Crippen molar-refractivity contribution in [1.29, 1.82) is 4.78 Å². The van der Waals surface area contributed by atoms with Gasteiger partial charge in [0.25, 0.3) is 0 Å². The zero-order chi connectivity index (χ0) is 5.11. The fourth-order valence-electron chi connectivity index (χ4n) is 0.632. The minimum absolute atomic E-state index is 1.01. The second-order valence-electron chi connectivity index (χ2n) is 2.08. The van der Waals surface area contributed by atoms with Crippen LogP contribution in [0, 0.1) is 10.7 Å². The molecule has 0 aromatic heterocycles. The first-order valence-electron chi connectivity index (χ1n) is 2.72. The van der Waals surface area contributed by atoms with Gasteiger partial charge in [-0.3, -0.25) is 0 Å². The summed E-state index contributed by atoms with van der Waals surface area (Å²) in [5, 5.41) is 0. The highest BCUT2D eigenvalue weighted by atomic mass is 32.1. The molecule has 0 aliphatic heterocycles. The molecule has 7 heavy (non-hydrogen) atoms. The van der Waals surface area contributed by atoms with Crippen LogP contribution < -0.4 is 0 Å². The van der Waals surface area contributed by atoms with Crippen molar-refractivity contribution in [2.75, 3.05) is 5.75 Å². The minimum Gasteiger partial charge on any atom is -0.0500 e. The van der Waals surface area contributed by atoms with Gasteiger partial charge in [-0.05, 0) is 23.5 Å². The average molecular weight is 116 g/mol. The van der Waals surface area contributed by atoms with Crippen LogP contribution in [-0.4, -0.2) is 5.75 Å². The van der Waals surface area contributed by atoms with Crippen molar-refractivity contribution in [2.45, 2.75) is 19.3 Å². The number of nitrogens with one attached hydrogen (secondary N) is 1. The fraction of sp³-hybridized carbons (Fsp3) is 1.00. The van der Waals surface area contributed by atoms with E-state index in [1.807, 2.05) is 0 Å². The zero-order valence-electron chi connectivity index (χ0n) is 4.31. The van der Waals surface area contributed by atoms with Crippen LogP contribution in [0.3, 0.4) is 0 Å². The average Bonchev–Trinajstić information content (AvgIpc) is 2.42. The highest BCUT2D eigenvalue weighted by Crippen LogP contribution is 2.31. The summed E-state index contributed by atoms with van der Waals surface area (Å²) < 4.78 is 6.74. The van der Waals surface area contributed by atoms with Gasteiger partial charge in [0.2, 0.25) is 5.75 Å². The van der Waals surface area contributed by atoms with Crippen molar-refractivity contribution in [2.24, 2.45) is 5.92 Å².